The Morgan fingerprint density at radius 3 is 2.83 bits per heavy atom. The lowest BCUT2D eigenvalue weighted by Gasteiger charge is -2.35. The average molecular weight is 407 g/mol. The van der Waals surface area contributed by atoms with E-state index in [0.29, 0.717) is 46.6 Å². The number of nitrogens with two attached hydrogens (primary N) is 1. The van der Waals surface area contributed by atoms with Crippen LogP contribution in [-0.4, -0.2) is 14.7 Å². The number of nitrogens with zero attached hydrogens (tertiary/aromatic N) is 2. The molecule has 0 bridgehead atoms. The van der Waals surface area contributed by atoms with Gasteiger partial charge in [-0.05, 0) is 36.6 Å². The predicted octanol–water partition coefficient (Wildman–Crippen LogP) is 2.97. The topological polar surface area (TPSA) is 90.4 Å². The van der Waals surface area contributed by atoms with E-state index in [1.54, 1.807) is 23.6 Å². The highest BCUT2D eigenvalue weighted by Crippen LogP contribution is 2.42. The van der Waals surface area contributed by atoms with Gasteiger partial charge in [-0.1, -0.05) is 13.5 Å². The zero-order chi connectivity index (χ0) is 21.4. The van der Waals surface area contributed by atoms with Crippen LogP contribution in [-0.2, 0) is 30.0 Å². The maximum absolute atomic E-state index is 14.2. The Labute approximate surface area is 172 Å². The molecule has 0 amide bonds. The van der Waals surface area contributed by atoms with Gasteiger partial charge in [0, 0.05) is 29.1 Å². The van der Waals surface area contributed by atoms with Crippen molar-refractivity contribution in [2.75, 3.05) is 0 Å². The minimum Gasteiger partial charge on any atom is -0.490 e. The van der Waals surface area contributed by atoms with Gasteiger partial charge in [0.1, 0.15) is 23.8 Å². The fourth-order valence-corrected chi connectivity index (χ4v) is 4.64. The number of benzene rings is 1. The summed E-state index contributed by atoms with van der Waals surface area (Å²) in [5.74, 6) is -0.112. The Balaban J connectivity index is 1.84. The van der Waals surface area contributed by atoms with Crippen LogP contribution >= 0.6 is 0 Å². The van der Waals surface area contributed by atoms with Crippen molar-refractivity contribution in [3.05, 3.63) is 74.5 Å². The molecular weight excluding hydrogens is 385 g/mol. The Bertz CT molecular complexity index is 1330. The van der Waals surface area contributed by atoms with E-state index in [1.165, 1.54) is 6.07 Å². The second-order valence-corrected chi connectivity index (χ2v) is 7.98. The van der Waals surface area contributed by atoms with Crippen LogP contribution in [0.15, 0.2) is 35.3 Å². The van der Waals surface area contributed by atoms with Crippen LogP contribution in [0.25, 0.3) is 22.3 Å². The van der Waals surface area contributed by atoms with Gasteiger partial charge in [0.2, 0.25) is 0 Å². The number of hydrogen-bond acceptors (Lipinski definition) is 5. The number of fused-ring (bicyclic) bond motifs is 5. The largest absolute Gasteiger partial charge is 0.490 e. The number of hydrogen-bond donors (Lipinski definition) is 2. The standard InChI is InChI=1S/C23H22FN3O3/c1-4-23(29)12(3)30-10-16-17(23)6-20-21-15(9-27(20)22(16)28)14(8-25)13-5-11(2)18(24)7-19(13)26-21/h5-7,29H,3-4,8-10,25H2,1-2H3/t23-/m1/s1. The minimum atomic E-state index is -1.44. The smallest absolute Gasteiger partial charge is 0.258 e. The average Bonchev–Trinajstić information content (AvgIpc) is 3.09. The van der Waals surface area contributed by atoms with Gasteiger partial charge in [0.25, 0.3) is 5.56 Å². The molecule has 1 atom stereocenters. The maximum Gasteiger partial charge on any atom is 0.258 e. The number of pyridine rings is 2. The molecule has 154 valence electrons. The second-order valence-electron chi connectivity index (χ2n) is 7.98. The molecule has 1 aromatic carbocycles. The fourth-order valence-electron chi connectivity index (χ4n) is 4.64. The van der Waals surface area contributed by atoms with E-state index >= 15 is 0 Å². The number of aryl methyl sites for hydroxylation is 1. The summed E-state index contributed by atoms with van der Waals surface area (Å²) < 4.78 is 21.4. The molecule has 2 aromatic heterocycles. The Hall–Kier alpha value is -3.03. The molecule has 0 aliphatic carbocycles. The van der Waals surface area contributed by atoms with Crippen molar-refractivity contribution in [3.8, 4) is 11.4 Å². The van der Waals surface area contributed by atoms with Crippen LogP contribution in [0, 0.1) is 12.7 Å². The molecular formula is C23H22FN3O3. The second kappa shape index (κ2) is 6.23. The highest BCUT2D eigenvalue weighted by molar-refractivity contribution is 5.88. The van der Waals surface area contributed by atoms with Crippen molar-refractivity contribution in [3.63, 3.8) is 0 Å². The van der Waals surface area contributed by atoms with Crippen LogP contribution in [0.2, 0.25) is 0 Å². The molecule has 0 saturated carbocycles. The van der Waals surface area contributed by atoms with E-state index in [2.05, 4.69) is 6.58 Å². The Kier molecular flexibility index (Phi) is 3.94. The Morgan fingerprint density at radius 1 is 1.37 bits per heavy atom. The van der Waals surface area contributed by atoms with Crippen molar-refractivity contribution >= 4 is 10.9 Å². The first-order valence-electron chi connectivity index (χ1n) is 9.94. The molecule has 0 unspecified atom stereocenters. The number of rotatable bonds is 2. The van der Waals surface area contributed by atoms with Crippen LogP contribution in [0.4, 0.5) is 4.39 Å². The normalized spacial score (nSPS) is 19.4. The minimum absolute atomic E-state index is 0.0650. The lowest BCUT2D eigenvalue weighted by atomic mass is 9.84. The summed E-state index contributed by atoms with van der Waals surface area (Å²) in [6, 6.07) is 4.95. The van der Waals surface area contributed by atoms with Crippen molar-refractivity contribution in [1.82, 2.24) is 9.55 Å². The van der Waals surface area contributed by atoms with Crippen LogP contribution in [0.1, 0.15) is 41.2 Å². The van der Waals surface area contributed by atoms with E-state index in [-0.39, 0.29) is 30.3 Å². The first kappa shape index (κ1) is 19.0. The maximum atomic E-state index is 14.2. The number of aliphatic hydroxyl groups is 1. The molecule has 2 aliphatic heterocycles. The van der Waals surface area contributed by atoms with Crippen molar-refractivity contribution in [2.24, 2.45) is 5.73 Å². The van der Waals surface area contributed by atoms with Crippen molar-refractivity contribution < 1.29 is 14.2 Å². The van der Waals surface area contributed by atoms with Gasteiger partial charge >= 0.3 is 0 Å². The highest BCUT2D eigenvalue weighted by Gasteiger charge is 2.41. The van der Waals surface area contributed by atoms with E-state index in [0.717, 1.165) is 16.5 Å². The monoisotopic (exact) mass is 407 g/mol. The van der Waals surface area contributed by atoms with Gasteiger partial charge in [-0.25, -0.2) is 9.37 Å². The van der Waals surface area contributed by atoms with Crippen molar-refractivity contribution in [2.45, 2.75) is 45.6 Å². The van der Waals surface area contributed by atoms with Gasteiger partial charge in [-0.2, -0.15) is 0 Å². The van der Waals surface area contributed by atoms with Gasteiger partial charge in [0.05, 0.1) is 29.0 Å². The molecule has 0 saturated heterocycles. The van der Waals surface area contributed by atoms with E-state index in [9.17, 15) is 14.3 Å². The summed E-state index contributed by atoms with van der Waals surface area (Å²) in [6.07, 6.45) is 0.318. The van der Waals surface area contributed by atoms with Gasteiger partial charge in [-0.3, -0.25) is 4.79 Å². The SMILES string of the molecule is C=C1OCc2c(cc3n(c2=O)Cc2c-3nc3cc(F)c(C)cc3c2CN)[C@@]1(O)CC. The summed E-state index contributed by atoms with van der Waals surface area (Å²) in [6.45, 7) is 7.99. The van der Waals surface area contributed by atoms with Crippen LogP contribution < -0.4 is 11.3 Å². The van der Waals surface area contributed by atoms with Crippen molar-refractivity contribution in [1.29, 1.82) is 0 Å². The first-order valence-corrected chi connectivity index (χ1v) is 9.94. The summed E-state index contributed by atoms with van der Waals surface area (Å²) >= 11 is 0. The fraction of sp³-hybridized carbons (Fsp3) is 0.304. The van der Waals surface area contributed by atoms with Crippen LogP contribution in [0.3, 0.4) is 0 Å². The molecule has 5 rings (SSSR count). The van der Waals surface area contributed by atoms with E-state index < -0.39 is 5.60 Å². The summed E-state index contributed by atoms with van der Waals surface area (Å²) in [7, 11) is 0. The van der Waals surface area contributed by atoms with Gasteiger partial charge in [0.15, 0.2) is 0 Å². The molecule has 0 spiro atoms. The molecule has 0 fully saturated rings. The molecule has 3 aromatic rings. The molecule has 0 radical (unpaired) electrons. The zero-order valence-corrected chi connectivity index (χ0v) is 16.9. The molecule has 2 aliphatic rings. The first-order chi connectivity index (χ1) is 14.3. The van der Waals surface area contributed by atoms with E-state index in [1.807, 2.05) is 6.92 Å². The lowest BCUT2D eigenvalue weighted by Crippen LogP contribution is -2.38. The summed E-state index contributed by atoms with van der Waals surface area (Å²) in [4.78, 5) is 18.0. The quantitative estimate of drug-likeness (QED) is 0.533. The third kappa shape index (κ3) is 2.30. The molecule has 30 heavy (non-hydrogen) atoms. The lowest BCUT2D eigenvalue weighted by molar-refractivity contribution is -0.0172. The summed E-state index contributed by atoms with van der Waals surface area (Å²) in [5.41, 5.74) is 9.23. The van der Waals surface area contributed by atoms with Gasteiger partial charge < -0.3 is 20.1 Å². The number of aromatic nitrogens is 2. The number of ether oxygens (including phenoxy) is 1. The van der Waals surface area contributed by atoms with Gasteiger partial charge in [-0.15, -0.1) is 0 Å². The zero-order valence-electron chi connectivity index (χ0n) is 16.9. The molecule has 7 heteroatoms. The predicted molar refractivity (Wildman–Crippen MR) is 111 cm³/mol. The van der Waals surface area contributed by atoms with Crippen LogP contribution in [0.5, 0.6) is 0 Å². The molecule has 4 heterocycles. The highest BCUT2D eigenvalue weighted by atomic mass is 19.1. The third-order valence-corrected chi connectivity index (χ3v) is 6.46. The third-order valence-electron chi connectivity index (χ3n) is 6.46. The molecule has 3 N–H and O–H groups in total. The number of halogens is 1. The van der Waals surface area contributed by atoms with E-state index in [4.69, 9.17) is 15.5 Å². The summed E-state index contributed by atoms with van der Waals surface area (Å²) in [5, 5.41) is 12.0. The Morgan fingerprint density at radius 2 is 2.13 bits per heavy atom. The molecule has 6 nitrogen and oxygen atoms in total.